The van der Waals surface area contributed by atoms with Gasteiger partial charge in [0.05, 0.1) is 6.54 Å². The highest BCUT2D eigenvalue weighted by Crippen LogP contribution is 2.19. The molecule has 1 aliphatic heterocycles. The fourth-order valence-corrected chi connectivity index (χ4v) is 4.48. The van der Waals surface area contributed by atoms with Crippen molar-refractivity contribution >= 4 is 34.8 Å². The van der Waals surface area contributed by atoms with Gasteiger partial charge >= 0.3 is 0 Å². The van der Waals surface area contributed by atoms with E-state index in [9.17, 15) is 14.4 Å². The van der Waals surface area contributed by atoms with Crippen molar-refractivity contribution in [1.82, 2.24) is 4.90 Å². The maximum Gasteiger partial charge on any atom is 0.258 e. The third-order valence-electron chi connectivity index (χ3n) is 6.52. The molecule has 0 radical (unpaired) electrons. The van der Waals surface area contributed by atoms with Crippen LogP contribution in [0.5, 0.6) is 0 Å². The molecule has 0 spiro atoms. The summed E-state index contributed by atoms with van der Waals surface area (Å²) < 4.78 is 0. The van der Waals surface area contributed by atoms with Gasteiger partial charge in [-0.15, -0.1) is 0 Å². The van der Waals surface area contributed by atoms with Gasteiger partial charge in [0.15, 0.2) is 0 Å². The van der Waals surface area contributed by atoms with E-state index in [2.05, 4.69) is 10.6 Å². The molecule has 1 saturated heterocycles. The Labute approximate surface area is 218 Å². The van der Waals surface area contributed by atoms with Crippen LogP contribution in [0.1, 0.15) is 53.3 Å². The van der Waals surface area contributed by atoms with Crippen molar-refractivity contribution in [3.05, 3.63) is 90.0 Å². The number of rotatable bonds is 8. The number of carbonyl (C=O) groups is 3. The van der Waals surface area contributed by atoms with E-state index in [1.54, 1.807) is 53.4 Å². The molecule has 3 aromatic rings. The van der Waals surface area contributed by atoms with Crippen molar-refractivity contribution in [2.24, 2.45) is 0 Å². The van der Waals surface area contributed by atoms with Gasteiger partial charge in [0.1, 0.15) is 0 Å². The summed E-state index contributed by atoms with van der Waals surface area (Å²) in [7, 11) is 0. The number of likely N-dealkylation sites (tertiary alicyclic amines) is 1. The fourth-order valence-electron chi connectivity index (χ4n) is 4.48. The first-order valence-corrected chi connectivity index (χ1v) is 12.9. The average molecular weight is 499 g/mol. The minimum atomic E-state index is -0.201. The maximum absolute atomic E-state index is 12.9. The van der Waals surface area contributed by atoms with Crippen LogP contribution in [0.4, 0.5) is 17.1 Å². The summed E-state index contributed by atoms with van der Waals surface area (Å²) in [5.41, 5.74) is 3.46. The van der Waals surface area contributed by atoms with Crippen LogP contribution in [0.2, 0.25) is 0 Å². The van der Waals surface area contributed by atoms with Crippen LogP contribution in [-0.2, 0) is 4.79 Å². The first-order valence-electron chi connectivity index (χ1n) is 12.9. The van der Waals surface area contributed by atoms with E-state index in [1.807, 2.05) is 42.2 Å². The van der Waals surface area contributed by atoms with Crippen molar-refractivity contribution < 1.29 is 14.4 Å². The number of amides is 3. The molecule has 0 aromatic heterocycles. The van der Waals surface area contributed by atoms with Gasteiger partial charge in [-0.3, -0.25) is 14.4 Å². The summed E-state index contributed by atoms with van der Waals surface area (Å²) in [4.78, 5) is 41.8. The maximum atomic E-state index is 12.9. The van der Waals surface area contributed by atoms with Crippen molar-refractivity contribution in [3.63, 3.8) is 0 Å². The first-order chi connectivity index (χ1) is 18.0. The second-order valence-electron chi connectivity index (χ2n) is 9.15. The third-order valence-corrected chi connectivity index (χ3v) is 6.52. The second-order valence-corrected chi connectivity index (χ2v) is 9.15. The van der Waals surface area contributed by atoms with Crippen molar-refractivity contribution in [1.29, 1.82) is 0 Å². The van der Waals surface area contributed by atoms with Gasteiger partial charge in [-0.05, 0) is 80.4 Å². The summed E-state index contributed by atoms with van der Waals surface area (Å²) in [5.74, 6) is -0.224. The molecular weight excluding hydrogens is 464 g/mol. The fraction of sp³-hybridized carbons (Fsp3) is 0.300. The first kappa shape index (κ1) is 25.9. The third kappa shape index (κ3) is 6.97. The van der Waals surface area contributed by atoms with E-state index in [0.29, 0.717) is 23.4 Å². The quantitative estimate of drug-likeness (QED) is 0.435. The average Bonchev–Trinajstić information content (AvgIpc) is 3.23. The normalized spacial score (nSPS) is 13.4. The predicted molar refractivity (Wildman–Crippen MR) is 148 cm³/mol. The highest BCUT2D eigenvalue weighted by atomic mass is 16.2. The van der Waals surface area contributed by atoms with Crippen LogP contribution in [0.3, 0.4) is 0 Å². The standard InChI is InChI=1S/C30H34N4O3/c1-2-34(27-10-6-5-7-11-27)30(37)24-12-16-25(17-13-24)31-22-28(35)32-26-18-14-23(15-19-26)29(36)33-20-8-3-4-9-21-33/h5-7,10-19,31H,2-4,8-9,20-22H2,1H3,(H,32,35). The van der Waals surface area contributed by atoms with Gasteiger partial charge < -0.3 is 20.4 Å². The number of carbonyl (C=O) groups excluding carboxylic acids is 3. The minimum absolute atomic E-state index is 0.0502. The van der Waals surface area contributed by atoms with Crippen molar-refractivity contribution in [3.8, 4) is 0 Å². The Hall–Kier alpha value is -4.13. The van der Waals surface area contributed by atoms with Crippen molar-refractivity contribution in [2.45, 2.75) is 32.6 Å². The Morgan fingerprint density at radius 1 is 0.757 bits per heavy atom. The SMILES string of the molecule is CCN(C(=O)c1ccc(NCC(=O)Nc2ccc(C(=O)N3CCCCCC3)cc2)cc1)c1ccccc1. The number of nitrogens with zero attached hydrogens (tertiary/aromatic N) is 2. The van der Waals surface area contributed by atoms with Crippen LogP contribution in [0.25, 0.3) is 0 Å². The molecule has 4 rings (SSSR count). The van der Waals surface area contributed by atoms with Gasteiger partial charge in [-0.25, -0.2) is 0 Å². The Balaban J connectivity index is 1.27. The van der Waals surface area contributed by atoms with Crippen LogP contribution in [-0.4, -0.2) is 48.8 Å². The molecule has 2 N–H and O–H groups in total. The minimum Gasteiger partial charge on any atom is -0.376 e. The van der Waals surface area contributed by atoms with E-state index >= 15 is 0 Å². The Morgan fingerprint density at radius 3 is 1.97 bits per heavy atom. The van der Waals surface area contributed by atoms with Gasteiger partial charge in [-0.2, -0.15) is 0 Å². The zero-order chi connectivity index (χ0) is 26.0. The summed E-state index contributed by atoms with van der Waals surface area (Å²) in [6, 6.07) is 23.7. The molecule has 0 bridgehead atoms. The van der Waals surface area contributed by atoms with Crippen molar-refractivity contribution in [2.75, 3.05) is 41.7 Å². The van der Waals surface area contributed by atoms with Gasteiger partial charge in [0.25, 0.3) is 11.8 Å². The molecule has 7 heteroatoms. The molecule has 3 amide bonds. The highest BCUT2D eigenvalue weighted by Gasteiger charge is 2.18. The lowest BCUT2D eigenvalue weighted by molar-refractivity contribution is -0.114. The van der Waals surface area contributed by atoms with Crippen LogP contribution in [0, 0.1) is 0 Å². The lowest BCUT2D eigenvalue weighted by Crippen LogP contribution is -2.31. The van der Waals surface area contributed by atoms with Crippen LogP contribution >= 0.6 is 0 Å². The zero-order valence-electron chi connectivity index (χ0n) is 21.3. The number of anilines is 3. The number of hydrogen-bond acceptors (Lipinski definition) is 4. The molecule has 0 atom stereocenters. The second kappa shape index (κ2) is 12.7. The Bertz CT molecular complexity index is 1190. The summed E-state index contributed by atoms with van der Waals surface area (Å²) in [6.07, 6.45) is 4.46. The lowest BCUT2D eigenvalue weighted by atomic mass is 10.1. The molecule has 37 heavy (non-hydrogen) atoms. The monoisotopic (exact) mass is 498 g/mol. The Kier molecular flexibility index (Phi) is 8.92. The van der Waals surface area contributed by atoms with E-state index in [1.165, 1.54) is 12.8 Å². The zero-order valence-corrected chi connectivity index (χ0v) is 21.3. The van der Waals surface area contributed by atoms with E-state index in [4.69, 9.17) is 0 Å². The lowest BCUT2D eigenvalue weighted by Gasteiger charge is -2.21. The van der Waals surface area contributed by atoms with E-state index in [-0.39, 0.29) is 24.3 Å². The molecular formula is C30H34N4O3. The molecule has 192 valence electrons. The summed E-state index contributed by atoms with van der Waals surface area (Å²) in [5, 5.41) is 5.94. The summed E-state index contributed by atoms with van der Waals surface area (Å²) >= 11 is 0. The molecule has 3 aromatic carbocycles. The largest absolute Gasteiger partial charge is 0.376 e. The number of para-hydroxylation sites is 1. The van der Waals surface area contributed by atoms with E-state index in [0.717, 1.165) is 37.3 Å². The molecule has 1 aliphatic rings. The van der Waals surface area contributed by atoms with Crippen LogP contribution in [0.15, 0.2) is 78.9 Å². The van der Waals surface area contributed by atoms with Gasteiger partial charge in [-0.1, -0.05) is 31.0 Å². The van der Waals surface area contributed by atoms with E-state index < -0.39 is 0 Å². The Morgan fingerprint density at radius 2 is 1.35 bits per heavy atom. The molecule has 7 nitrogen and oxygen atoms in total. The van der Waals surface area contributed by atoms with Gasteiger partial charge in [0.2, 0.25) is 5.91 Å². The smallest absolute Gasteiger partial charge is 0.258 e. The molecule has 0 aliphatic carbocycles. The molecule has 1 fully saturated rings. The number of nitrogens with one attached hydrogen (secondary N) is 2. The van der Waals surface area contributed by atoms with Gasteiger partial charge in [0, 0.05) is 47.8 Å². The number of hydrogen-bond donors (Lipinski definition) is 2. The molecule has 0 unspecified atom stereocenters. The topological polar surface area (TPSA) is 81.8 Å². The highest BCUT2D eigenvalue weighted by molar-refractivity contribution is 6.06. The number of benzene rings is 3. The van der Waals surface area contributed by atoms with Crippen LogP contribution < -0.4 is 15.5 Å². The predicted octanol–water partition coefficient (Wildman–Crippen LogP) is 5.42. The molecule has 1 heterocycles. The summed E-state index contributed by atoms with van der Waals surface area (Å²) in [6.45, 7) is 4.20. The molecule has 0 saturated carbocycles.